The summed E-state index contributed by atoms with van der Waals surface area (Å²) >= 11 is 0. The van der Waals surface area contributed by atoms with E-state index in [9.17, 15) is 31.5 Å². The van der Waals surface area contributed by atoms with E-state index in [-0.39, 0.29) is 13.2 Å². The number of carbonyl (C=O) groups is 1. The normalized spacial score (nSPS) is 13.0. The Labute approximate surface area is 134 Å². The van der Waals surface area contributed by atoms with E-state index in [1.807, 2.05) is 0 Å². The molecule has 136 valence electrons. The number of halogens is 5. The summed E-state index contributed by atoms with van der Waals surface area (Å²) in [4.78, 5) is 21.9. The number of rotatable bonds is 7. The minimum atomic E-state index is -4.35. The SMILES string of the molecule is CCO[Si](O)(OCC)C(N)C(=O)Oc1c(F)c(F)c(F)c(F)c1F. The van der Waals surface area contributed by atoms with Gasteiger partial charge in [0.25, 0.3) is 0 Å². The highest BCUT2D eigenvalue weighted by atomic mass is 28.4. The second kappa shape index (κ2) is 7.98. The lowest BCUT2D eigenvalue weighted by molar-refractivity contribution is -0.135. The lowest BCUT2D eigenvalue weighted by Crippen LogP contribution is -2.63. The predicted molar refractivity (Wildman–Crippen MR) is 71.1 cm³/mol. The molecule has 6 nitrogen and oxygen atoms in total. The van der Waals surface area contributed by atoms with Crippen molar-refractivity contribution < 1.29 is 45.1 Å². The quantitative estimate of drug-likeness (QED) is 0.186. The minimum Gasteiger partial charge on any atom is -0.419 e. The highest BCUT2D eigenvalue weighted by Crippen LogP contribution is 2.29. The predicted octanol–water partition coefficient (Wildman–Crippen LogP) is 1.16. The first kappa shape index (κ1) is 20.4. The molecular formula is C12H14F5NO5Si. The zero-order valence-electron chi connectivity index (χ0n) is 12.5. The summed E-state index contributed by atoms with van der Waals surface area (Å²) in [6.07, 6.45) is 0. The van der Waals surface area contributed by atoms with Crippen molar-refractivity contribution in [2.75, 3.05) is 13.2 Å². The standard InChI is InChI=1S/C12H14F5NO5Si/c1-3-21-24(20,22-4-2)11(18)12(19)23-10-8(16)6(14)5(13)7(15)9(10)17/h11,20H,3-4,18H2,1-2H3. The molecule has 0 bridgehead atoms. The van der Waals surface area contributed by atoms with E-state index in [1.165, 1.54) is 13.8 Å². The fraction of sp³-hybridized carbons (Fsp3) is 0.417. The van der Waals surface area contributed by atoms with Crippen LogP contribution in [0.1, 0.15) is 13.8 Å². The summed E-state index contributed by atoms with van der Waals surface area (Å²) in [6, 6.07) is 0. The van der Waals surface area contributed by atoms with Crippen LogP contribution < -0.4 is 10.5 Å². The first-order valence-electron chi connectivity index (χ1n) is 6.59. The molecule has 0 heterocycles. The Balaban J connectivity index is 3.16. The summed E-state index contributed by atoms with van der Waals surface area (Å²) in [7, 11) is -4.35. The molecule has 0 amide bonds. The lowest BCUT2D eigenvalue weighted by atomic mass is 10.2. The molecule has 3 N–H and O–H groups in total. The number of esters is 1. The highest BCUT2D eigenvalue weighted by molar-refractivity contribution is 6.65. The number of ether oxygens (including phenoxy) is 1. The monoisotopic (exact) mass is 375 g/mol. The van der Waals surface area contributed by atoms with Crippen LogP contribution in [0, 0.1) is 29.1 Å². The molecule has 0 aromatic heterocycles. The molecule has 0 aliphatic rings. The Bertz CT molecular complexity index is 597. The molecule has 0 fully saturated rings. The van der Waals surface area contributed by atoms with Gasteiger partial charge in [0.1, 0.15) is 0 Å². The van der Waals surface area contributed by atoms with Crippen molar-refractivity contribution in [2.24, 2.45) is 5.73 Å². The van der Waals surface area contributed by atoms with E-state index in [0.29, 0.717) is 0 Å². The van der Waals surface area contributed by atoms with Crippen molar-refractivity contribution >= 4 is 14.8 Å². The van der Waals surface area contributed by atoms with Crippen molar-refractivity contribution in [3.05, 3.63) is 29.1 Å². The lowest BCUT2D eigenvalue weighted by Gasteiger charge is -2.27. The molecule has 0 saturated heterocycles. The Hall–Kier alpha value is -1.60. The third-order valence-electron chi connectivity index (χ3n) is 2.72. The Morgan fingerprint density at radius 1 is 1.00 bits per heavy atom. The maximum atomic E-state index is 13.5. The molecule has 1 aromatic rings. The van der Waals surface area contributed by atoms with Crippen molar-refractivity contribution in [1.82, 2.24) is 0 Å². The van der Waals surface area contributed by atoms with Crippen molar-refractivity contribution in [3.63, 3.8) is 0 Å². The molecule has 0 spiro atoms. The highest BCUT2D eigenvalue weighted by Gasteiger charge is 2.50. The summed E-state index contributed by atoms with van der Waals surface area (Å²) in [5.74, 6) is -15.2. The average molecular weight is 375 g/mol. The van der Waals surface area contributed by atoms with E-state index in [4.69, 9.17) is 14.6 Å². The maximum Gasteiger partial charge on any atom is 0.527 e. The maximum absolute atomic E-state index is 13.5. The topological polar surface area (TPSA) is 91.0 Å². The van der Waals surface area contributed by atoms with E-state index in [0.717, 1.165) is 0 Å². The van der Waals surface area contributed by atoms with Crippen LogP contribution in [0.25, 0.3) is 0 Å². The van der Waals surface area contributed by atoms with Crippen LogP contribution in [-0.4, -0.2) is 38.4 Å². The number of benzene rings is 1. The van der Waals surface area contributed by atoms with Crippen LogP contribution in [0.5, 0.6) is 5.75 Å². The summed E-state index contributed by atoms with van der Waals surface area (Å²) < 4.78 is 79.8. The van der Waals surface area contributed by atoms with Gasteiger partial charge in [0.2, 0.25) is 34.8 Å². The minimum absolute atomic E-state index is 0.119. The molecule has 12 heteroatoms. The number of carbonyl (C=O) groups excluding carboxylic acids is 1. The third-order valence-corrected chi connectivity index (χ3v) is 5.15. The average Bonchev–Trinajstić information content (AvgIpc) is 2.54. The van der Waals surface area contributed by atoms with Crippen LogP contribution in [0.4, 0.5) is 22.0 Å². The Kier molecular flexibility index (Phi) is 6.80. The Morgan fingerprint density at radius 3 is 1.75 bits per heavy atom. The van der Waals surface area contributed by atoms with Crippen LogP contribution >= 0.6 is 0 Å². The molecule has 0 radical (unpaired) electrons. The van der Waals surface area contributed by atoms with E-state index >= 15 is 0 Å². The van der Waals surface area contributed by atoms with E-state index < -0.39 is 55.3 Å². The van der Waals surface area contributed by atoms with Crippen LogP contribution in [0.3, 0.4) is 0 Å². The molecule has 0 aliphatic carbocycles. The second-order valence-corrected chi connectivity index (χ2v) is 6.76. The van der Waals surface area contributed by atoms with Crippen molar-refractivity contribution in [2.45, 2.75) is 19.5 Å². The first-order valence-corrected chi connectivity index (χ1v) is 8.43. The van der Waals surface area contributed by atoms with Gasteiger partial charge >= 0.3 is 14.8 Å². The zero-order valence-corrected chi connectivity index (χ0v) is 13.5. The van der Waals surface area contributed by atoms with Gasteiger partial charge < -0.3 is 24.1 Å². The molecule has 1 rings (SSSR count). The molecule has 0 saturated carbocycles. The fourth-order valence-electron chi connectivity index (χ4n) is 1.62. The molecule has 24 heavy (non-hydrogen) atoms. The molecular weight excluding hydrogens is 361 g/mol. The third kappa shape index (κ3) is 3.89. The summed E-state index contributed by atoms with van der Waals surface area (Å²) in [6.45, 7) is 2.65. The van der Waals surface area contributed by atoms with Gasteiger partial charge in [-0.15, -0.1) is 0 Å². The van der Waals surface area contributed by atoms with Gasteiger partial charge in [0.15, 0.2) is 5.67 Å². The molecule has 1 unspecified atom stereocenters. The van der Waals surface area contributed by atoms with Gasteiger partial charge in [-0.05, 0) is 13.8 Å². The van der Waals surface area contributed by atoms with Gasteiger partial charge in [0.05, 0.1) is 0 Å². The second-order valence-electron chi connectivity index (χ2n) is 4.29. The number of hydrogen-bond acceptors (Lipinski definition) is 6. The number of nitrogens with two attached hydrogens (primary N) is 1. The molecule has 0 aliphatic heterocycles. The van der Waals surface area contributed by atoms with Crippen LogP contribution in [0.15, 0.2) is 0 Å². The molecule has 1 atom stereocenters. The van der Waals surface area contributed by atoms with E-state index in [2.05, 4.69) is 4.74 Å². The van der Waals surface area contributed by atoms with Gasteiger partial charge in [0, 0.05) is 13.2 Å². The zero-order chi connectivity index (χ0) is 18.7. The van der Waals surface area contributed by atoms with Crippen LogP contribution in [0.2, 0.25) is 0 Å². The summed E-state index contributed by atoms with van der Waals surface area (Å²) in [5.41, 5.74) is 3.38. The fourth-order valence-corrected chi connectivity index (χ4v) is 3.25. The largest absolute Gasteiger partial charge is 0.527 e. The first-order chi connectivity index (χ1) is 11.1. The van der Waals surface area contributed by atoms with Crippen LogP contribution in [-0.2, 0) is 13.6 Å². The van der Waals surface area contributed by atoms with E-state index in [1.54, 1.807) is 0 Å². The molecule has 1 aromatic carbocycles. The van der Waals surface area contributed by atoms with Gasteiger partial charge in [-0.2, -0.15) is 8.78 Å². The van der Waals surface area contributed by atoms with Crippen molar-refractivity contribution in [3.8, 4) is 5.75 Å². The number of hydrogen-bond donors (Lipinski definition) is 2. The van der Waals surface area contributed by atoms with Crippen molar-refractivity contribution in [1.29, 1.82) is 0 Å². The van der Waals surface area contributed by atoms with Gasteiger partial charge in [-0.1, -0.05) is 0 Å². The Morgan fingerprint density at radius 2 is 1.38 bits per heavy atom. The van der Waals surface area contributed by atoms with Gasteiger partial charge in [-0.25, -0.2) is 18.0 Å². The smallest absolute Gasteiger partial charge is 0.419 e. The van der Waals surface area contributed by atoms with Gasteiger partial charge in [-0.3, -0.25) is 0 Å². The summed E-state index contributed by atoms with van der Waals surface area (Å²) in [5, 5.41) is 0.